The largest absolute Gasteiger partial charge is 0.381 e. The van der Waals surface area contributed by atoms with E-state index in [4.69, 9.17) is 4.74 Å². The van der Waals surface area contributed by atoms with Gasteiger partial charge >= 0.3 is 0 Å². The molecule has 2 heterocycles. The first-order chi connectivity index (χ1) is 12.0. The Balaban J connectivity index is 1.53. The molecule has 1 aliphatic rings. The summed E-state index contributed by atoms with van der Waals surface area (Å²) in [5, 5.41) is 18.9. The van der Waals surface area contributed by atoms with E-state index in [1.54, 1.807) is 15.8 Å². The molecule has 0 aliphatic carbocycles. The second kappa shape index (κ2) is 7.33. The Morgan fingerprint density at radius 3 is 2.80 bits per heavy atom. The van der Waals surface area contributed by atoms with Gasteiger partial charge in [0.05, 0.1) is 19.3 Å². The number of hydrogen-bond donors (Lipinski definition) is 1. The average Bonchev–Trinajstić information content (AvgIpc) is 3.24. The molecular weight excluding hydrogens is 320 g/mol. The Morgan fingerprint density at radius 2 is 2.12 bits per heavy atom. The highest BCUT2D eigenvalue weighted by Crippen LogP contribution is 2.30. The zero-order valence-electron chi connectivity index (χ0n) is 14.6. The molecule has 0 radical (unpaired) electrons. The summed E-state index contributed by atoms with van der Waals surface area (Å²) in [5.74, 6) is -0.122. The Labute approximate surface area is 147 Å². The summed E-state index contributed by atoms with van der Waals surface area (Å²) >= 11 is 0. The van der Waals surface area contributed by atoms with Crippen LogP contribution in [0.2, 0.25) is 0 Å². The monoisotopic (exact) mass is 344 g/mol. The molecule has 25 heavy (non-hydrogen) atoms. The van der Waals surface area contributed by atoms with Crippen molar-refractivity contribution in [2.24, 2.45) is 0 Å². The summed E-state index contributed by atoms with van der Waals surface area (Å²) in [5.41, 5.74) is 0.405. The van der Waals surface area contributed by atoms with Crippen LogP contribution in [0.25, 0.3) is 0 Å². The predicted octanol–water partition coefficient (Wildman–Crippen LogP) is 1.50. The highest BCUT2D eigenvalue weighted by Gasteiger charge is 2.41. The predicted molar refractivity (Wildman–Crippen MR) is 91.6 cm³/mol. The van der Waals surface area contributed by atoms with Crippen molar-refractivity contribution in [3.8, 4) is 0 Å². The van der Waals surface area contributed by atoms with Crippen molar-refractivity contribution in [2.75, 3.05) is 19.7 Å². The van der Waals surface area contributed by atoms with Crippen molar-refractivity contribution in [2.45, 2.75) is 38.5 Å². The quantitative estimate of drug-likeness (QED) is 0.859. The minimum atomic E-state index is -1.14. The van der Waals surface area contributed by atoms with E-state index >= 15 is 0 Å². The molecule has 1 atom stereocenters. The third-order valence-corrected chi connectivity index (χ3v) is 4.45. The molecule has 3 rings (SSSR count). The molecule has 7 nitrogen and oxygen atoms in total. The molecule has 1 aliphatic heterocycles. The lowest BCUT2D eigenvalue weighted by Crippen LogP contribution is -2.36. The first-order valence-electron chi connectivity index (χ1n) is 8.52. The number of β-amino-alcohol motifs (C(OH)–C–C–N with tert-alkyl or cyclic N) is 1. The van der Waals surface area contributed by atoms with E-state index in [9.17, 15) is 9.90 Å². The number of rotatable bonds is 6. The molecule has 1 aromatic carbocycles. The standard InChI is InChI=1S/C18H24N4O3/c1-14(2)22-10-16(19-20-22)18(24)8-9-21(13-18)17(23)12-25-11-15-6-4-3-5-7-15/h3-7,10,14,24H,8-9,11-13H2,1-2H3. The van der Waals surface area contributed by atoms with Crippen molar-refractivity contribution >= 4 is 5.91 Å². The molecule has 1 unspecified atom stereocenters. The van der Waals surface area contributed by atoms with Gasteiger partial charge in [-0.05, 0) is 19.4 Å². The lowest BCUT2D eigenvalue weighted by molar-refractivity contribution is -0.136. The number of hydrogen-bond acceptors (Lipinski definition) is 5. The number of amides is 1. The molecule has 1 saturated heterocycles. The minimum absolute atomic E-state index is 0.00363. The normalized spacial score (nSPS) is 20.4. The number of aliphatic hydroxyl groups is 1. The third-order valence-electron chi connectivity index (χ3n) is 4.45. The number of ether oxygens (including phenoxy) is 1. The summed E-state index contributed by atoms with van der Waals surface area (Å²) in [4.78, 5) is 13.9. The molecule has 1 fully saturated rings. The van der Waals surface area contributed by atoms with E-state index in [1.807, 2.05) is 44.2 Å². The van der Waals surface area contributed by atoms with Gasteiger partial charge in [0.15, 0.2) is 0 Å². The van der Waals surface area contributed by atoms with Crippen LogP contribution < -0.4 is 0 Å². The van der Waals surface area contributed by atoms with Crippen LogP contribution in [0.3, 0.4) is 0 Å². The lowest BCUT2D eigenvalue weighted by atomic mass is 10.00. The van der Waals surface area contributed by atoms with Gasteiger partial charge < -0.3 is 14.7 Å². The van der Waals surface area contributed by atoms with Gasteiger partial charge in [-0.1, -0.05) is 35.5 Å². The Hall–Kier alpha value is -2.25. The smallest absolute Gasteiger partial charge is 0.248 e. The maximum atomic E-state index is 12.3. The van der Waals surface area contributed by atoms with Crippen molar-refractivity contribution in [3.63, 3.8) is 0 Å². The molecular formula is C18H24N4O3. The van der Waals surface area contributed by atoms with Crippen molar-refractivity contribution < 1.29 is 14.6 Å². The molecule has 0 saturated carbocycles. The third kappa shape index (κ3) is 4.05. The van der Waals surface area contributed by atoms with Crippen LogP contribution in [0.5, 0.6) is 0 Å². The van der Waals surface area contributed by atoms with Gasteiger partial charge in [-0.15, -0.1) is 5.10 Å². The Kier molecular flexibility index (Phi) is 5.15. The second-order valence-corrected chi connectivity index (χ2v) is 6.75. The van der Waals surface area contributed by atoms with Gasteiger partial charge in [-0.3, -0.25) is 4.79 Å². The fourth-order valence-corrected chi connectivity index (χ4v) is 2.88. The van der Waals surface area contributed by atoms with E-state index in [2.05, 4.69) is 10.3 Å². The van der Waals surface area contributed by atoms with Gasteiger partial charge in [-0.2, -0.15) is 0 Å². The zero-order valence-corrected chi connectivity index (χ0v) is 14.6. The second-order valence-electron chi connectivity index (χ2n) is 6.75. The van der Waals surface area contributed by atoms with E-state index in [0.717, 1.165) is 5.56 Å². The van der Waals surface area contributed by atoms with Gasteiger partial charge in [0.25, 0.3) is 0 Å². The van der Waals surface area contributed by atoms with E-state index < -0.39 is 5.60 Å². The fraction of sp³-hybridized carbons (Fsp3) is 0.500. The van der Waals surface area contributed by atoms with Crippen molar-refractivity contribution in [1.29, 1.82) is 0 Å². The molecule has 1 aromatic heterocycles. The zero-order chi connectivity index (χ0) is 17.9. The van der Waals surface area contributed by atoms with Gasteiger partial charge in [0.2, 0.25) is 5.91 Å². The van der Waals surface area contributed by atoms with E-state index in [0.29, 0.717) is 25.3 Å². The van der Waals surface area contributed by atoms with Crippen LogP contribution in [0.15, 0.2) is 36.5 Å². The number of nitrogens with zero attached hydrogens (tertiary/aromatic N) is 4. The number of carbonyl (C=O) groups excluding carboxylic acids is 1. The van der Waals surface area contributed by atoms with E-state index in [-0.39, 0.29) is 25.1 Å². The highest BCUT2D eigenvalue weighted by atomic mass is 16.5. The number of benzene rings is 1. The van der Waals surface area contributed by atoms with Gasteiger partial charge in [0.1, 0.15) is 17.9 Å². The maximum Gasteiger partial charge on any atom is 0.248 e. The summed E-state index contributed by atoms with van der Waals surface area (Å²) in [6.45, 7) is 5.10. The van der Waals surface area contributed by atoms with Gasteiger partial charge in [-0.25, -0.2) is 4.68 Å². The number of aromatic nitrogens is 3. The number of likely N-dealkylation sites (tertiary alicyclic amines) is 1. The molecule has 2 aromatic rings. The lowest BCUT2D eigenvalue weighted by Gasteiger charge is -2.21. The molecule has 134 valence electrons. The van der Waals surface area contributed by atoms with E-state index in [1.165, 1.54) is 0 Å². The van der Waals surface area contributed by atoms with Crippen LogP contribution in [0.4, 0.5) is 0 Å². The van der Waals surface area contributed by atoms with Crippen LogP contribution in [-0.4, -0.2) is 50.6 Å². The Bertz CT molecular complexity index is 716. The number of carbonyl (C=O) groups is 1. The summed E-state index contributed by atoms with van der Waals surface area (Å²) < 4.78 is 7.21. The van der Waals surface area contributed by atoms with Crippen molar-refractivity contribution in [1.82, 2.24) is 19.9 Å². The van der Waals surface area contributed by atoms with Crippen molar-refractivity contribution in [3.05, 3.63) is 47.8 Å². The first kappa shape index (κ1) is 17.6. The minimum Gasteiger partial charge on any atom is -0.381 e. The SMILES string of the molecule is CC(C)n1cc(C2(O)CCN(C(=O)COCc3ccccc3)C2)nn1. The summed E-state index contributed by atoms with van der Waals surface area (Å²) in [6, 6.07) is 9.90. The van der Waals surface area contributed by atoms with Crippen LogP contribution in [-0.2, 0) is 21.7 Å². The first-order valence-corrected chi connectivity index (χ1v) is 8.52. The summed E-state index contributed by atoms with van der Waals surface area (Å²) in [6.07, 6.45) is 2.21. The highest BCUT2D eigenvalue weighted by molar-refractivity contribution is 5.77. The van der Waals surface area contributed by atoms with Crippen LogP contribution >= 0.6 is 0 Å². The molecule has 0 bridgehead atoms. The maximum absolute atomic E-state index is 12.3. The molecule has 7 heteroatoms. The Morgan fingerprint density at radius 1 is 1.36 bits per heavy atom. The van der Waals surface area contributed by atoms with Crippen LogP contribution in [0.1, 0.15) is 37.6 Å². The molecule has 1 amide bonds. The summed E-state index contributed by atoms with van der Waals surface area (Å²) in [7, 11) is 0. The topological polar surface area (TPSA) is 80.5 Å². The van der Waals surface area contributed by atoms with Gasteiger partial charge in [0, 0.05) is 19.0 Å². The fourth-order valence-electron chi connectivity index (χ4n) is 2.88. The molecule has 0 spiro atoms. The molecule has 1 N–H and O–H groups in total. The van der Waals surface area contributed by atoms with Crippen LogP contribution in [0, 0.1) is 0 Å². The average molecular weight is 344 g/mol.